The van der Waals surface area contributed by atoms with Gasteiger partial charge < -0.3 is 9.88 Å². The number of hydrogen-bond acceptors (Lipinski definition) is 1. The predicted octanol–water partition coefficient (Wildman–Crippen LogP) is 1.57. The molecule has 0 bridgehead atoms. The maximum absolute atomic E-state index is 11.8. The van der Waals surface area contributed by atoms with E-state index in [1.54, 1.807) is 6.92 Å². The molecule has 2 rings (SSSR count). The van der Waals surface area contributed by atoms with Crippen LogP contribution in [0.1, 0.15) is 36.3 Å². The molecule has 1 N–H and O–H groups in total. The van der Waals surface area contributed by atoms with Crippen LogP contribution in [0, 0.1) is 12.3 Å². The summed E-state index contributed by atoms with van der Waals surface area (Å²) in [5.41, 5.74) is 0.708. The zero-order valence-corrected chi connectivity index (χ0v) is 8.73. The van der Waals surface area contributed by atoms with Crippen LogP contribution in [0.15, 0.2) is 18.3 Å². The lowest BCUT2D eigenvalue weighted by atomic mass is 10.3. The lowest BCUT2D eigenvalue weighted by molar-refractivity contribution is 0.0938. The quantitative estimate of drug-likeness (QED) is 0.742. The first-order valence-electron chi connectivity index (χ1n) is 5.16. The lowest BCUT2D eigenvalue weighted by Crippen LogP contribution is -2.32. The summed E-state index contributed by atoms with van der Waals surface area (Å²) in [4.78, 5) is 11.8. The van der Waals surface area contributed by atoms with E-state index in [-0.39, 0.29) is 11.9 Å². The minimum absolute atomic E-state index is 0.0858. The molecular weight excluding hydrogens is 188 g/mol. The number of rotatable bonds is 3. The van der Waals surface area contributed by atoms with E-state index in [0.29, 0.717) is 11.7 Å². The molecule has 1 atom stereocenters. The van der Waals surface area contributed by atoms with E-state index in [1.165, 1.54) is 12.8 Å². The molecular formula is C12H14N2O. The summed E-state index contributed by atoms with van der Waals surface area (Å²) in [6.07, 6.45) is 9.50. The highest BCUT2D eigenvalue weighted by atomic mass is 16.2. The summed E-state index contributed by atoms with van der Waals surface area (Å²) in [5, 5.41) is 2.76. The van der Waals surface area contributed by atoms with E-state index in [2.05, 4.69) is 11.2 Å². The molecule has 0 radical (unpaired) electrons. The van der Waals surface area contributed by atoms with Crippen LogP contribution in [-0.4, -0.2) is 16.5 Å². The summed E-state index contributed by atoms with van der Waals surface area (Å²) >= 11 is 0. The minimum Gasteiger partial charge on any atom is -0.340 e. The molecule has 0 aromatic carbocycles. The van der Waals surface area contributed by atoms with E-state index in [0.717, 1.165) is 0 Å². The molecule has 1 amide bonds. The first kappa shape index (κ1) is 9.85. The summed E-state index contributed by atoms with van der Waals surface area (Å²) < 4.78 is 2.03. The summed E-state index contributed by atoms with van der Waals surface area (Å²) in [7, 11) is 0. The van der Waals surface area contributed by atoms with Crippen LogP contribution in [0.2, 0.25) is 0 Å². The molecule has 15 heavy (non-hydrogen) atoms. The maximum Gasteiger partial charge on any atom is 0.268 e. The number of nitrogens with one attached hydrogen (secondary N) is 1. The van der Waals surface area contributed by atoms with Crippen molar-refractivity contribution in [3.63, 3.8) is 0 Å². The minimum atomic E-state index is -0.222. The Morgan fingerprint density at radius 2 is 2.47 bits per heavy atom. The van der Waals surface area contributed by atoms with Crippen LogP contribution >= 0.6 is 0 Å². The zero-order chi connectivity index (χ0) is 10.8. The summed E-state index contributed by atoms with van der Waals surface area (Å²) in [5.74, 6) is 2.40. The van der Waals surface area contributed by atoms with Crippen molar-refractivity contribution >= 4 is 5.91 Å². The Hall–Kier alpha value is -1.69. The molecule has 0 spiro atoms. The SMILES string of the molecule is C#CC(C)NC(=O)c1cccn1C1CC1. The molecule has 1 aliphatic rings. The number of carbonyl (C=O) groups excluding carboxylic acids is 1. The van der Waals surface area contributed by atoms with E-state index in [1.807, 2.05) is 22.9 Å². The first-order chi connectivity index (χ1) is 7.22. The van der Waals surface area contributed by atoms with Gasteiger partial charge in [0.05, 0.1) is 6.04 Å². The standard InChI is InChI=1S/C12H14N2O/c1-3-9(2)13-12(15)11-5-4-8-14(11)10-6-7-10/h1,4-5,8-10H,6-7H2,2H3,(H,13,15). The van der Waals surface area contributed by atoms with Gasteiger partial charge in [-0.15, -0.1) is 6.42 Å². The molecule has 78 valence electrons. The molecule has 0 aliphatic heterocycles. The van der Waals surface area contributed by atoms with Crippen molar-refractivity contribution in [3.05, 3.63) is 24.0 Å². The topological polar surface area (TPSA) is 34.0 Å². The zero-order valence-electron chi connectivity index (χ0n) is 8.73. The number of carbonyl (C=O) groups is 1. The molecule has 1 aromatic rings. The second kappa shape index (κ2) is 3.82. The average Bonchev–Trinajstić information content (AvgIpc) is 2.95. The molecule has 1 aromatic heterocycles. The van der Waals surface area contributed by atoms with Gasteiger partial charge in [-0.3, -0.25) is 4.79 Å². The summed E-state index contributed by atoms with van der Waals surface area (Å²) in [6, 6.07) is 4.02. The van der Waals surface area contributed by atoms with E-state index in [4.69, 9.17) is 6.42 Å². The fourth-order valence-corrected chi connectivity index (χ4v) is 1.57. The number of terminal acetylenes is 1. The Bertz CT molecular complexity index is 410. The molecule has 1 unspecified atom stereocenters. The van der Waals surface area contributed by atoms with Gasteiger partial charge in [-0.25, -0.2) is 0 Å². The molecule has 1 saturated carbocycles. The number of nitrogens with zero attached hydrogens (tertiary/aromatic N) is 1. The van der Waals surface area contributed by atoms with Gasteiger partial charge in [-0.05, 0) is 31.9 Å². The Kier molecular flexibility index (Phi) is 2.51. The fourth-order valence-electron chi connectivity index (χ4n) is 1.57. The highest BCUT2D eigenvalue weighted by Crippen LogP contribution is 2.35. The van der Waals surface area contributed by atoms with Gasteiger partial charge in [0.25, 0.3) is 5.91 Å². The third kappa shape index (κ3) is 2.04. The normalized spacial score (nSPS) is 16.8. The van der Waals surface area contributed by atoms with Gasteiger partial charge >= 0.3 is 0 Å². The Morgan fingerprint density at radius 1 is 1.73 bits per heavy atom. The van der Waals surface area contributed by atoms with Crippen molar-refractivity contribution in [2.24, 2.45) is 0 Å². The van der Waals surface area contributed by atoms with Crippen molar-refractivity contribution in [1.82, 2.24) is 9.88 Å². The van der Waals surface area contributed by atoms with Crippen molar-refractivity contribution in [1.29, 1.82) is 0 Å². The molecule has 1 aliphatic carbocycles. The second-order valence-electron chi connectivity index (χ2n) is 3.89. The van der Waals surface area contributed by atoms with Crippen LogP contribution in [0.25, 0.3) is 0 Å². The van der Waals surface area contributed by atoms with Gasteiger partial charge in [0, 0.05) is 12.2 Å². The Morgan fingerprint density at radius 3 is 3.07 bits per heavy atom. The monoisotopic (exact) mass is 202 g/mol. The van der Waals surface area contributed by atoms with Crippen LogP contribution in [0.5, 0.6) is 0 Å². The van der Waals surface area contributed by atoms with Crippen molar-refractivity contribution in [3.8, 4) is 12.3 Å². The number of amides is 1. The Balaban J connectivity index is 2.11. The van der Waals surface area contributed by atoms with Crippen molar-refractivity contribution in [2.45, 2.75) is 31.8 Å². The van der Waals surface area contributed by atoms with Crippen molar-refractivity contribution < 1.29 is 4.79 Å². The third-order valence-corrected chi connectivity index (χ3v) is 2.55. The highest BCUT2D eigenvalue weighted by molar-refractivity contribution is 5.93. The molecule has 1 heterocycles. The number of aromatic nitrogens is 1. The van der Waals surface area contributed by atoms with E-state index in [9.17, 15) is 4.79 Å². The van der Waals surface area contributed by atoms with Gasteiger partial charge in [0.2, 0.25) is 0 Å². The number of hydrogen-bond donors (Lipinski definition) is 1. The molecule has 1 fully saturated rings. The molecule has 3 heteroatoms. The highest BCUT2D eigenvalue weighted by Gasteiger charge is 2.26. The smallest absolute Gasteiger partial charge is 0.268 e. The summed E-state index contributed by atoms with van der Waals surface area (Å²) in [6.45, 7) is 1.79. The Labute approximate surface area is 89.5 Å². The van der Waals surface area contributed by atoms with Crippen LogP contribution < -0.4 is 5.32 Å². The van der Waals surface area contributed by atoms with Crippen LogP contribution in [0.4, 0.5) is 0 Å². The molecule has 0 saturated heterocycles. The van der Waals surface area contributed by atoms with Gasteiger partial charge in [-0.1, -0.05) is 5.92 Å². The first-order valence-corrected chi connectivity index (χ1v) is 5.16. The van der Waals surface area contributed by atoms with Gasteiger partial charge in [0.15, 0.2) is 0 Å². The largest absolute Gasteiger partial charge is 0.340 e. The van der Waals surface area contributed by atoms with Gasteiger partial charge in [-0.2, -0.15) is 0 Å². The third-order valence-electron chi connectivity index (χ3n) is 2.55. The second-order valence-corrected chi connectivity index (χ2v) is 3.89. The van der Waals surface area contributed by atoms with Crippen molar-refractivity contribution in [2.75, 3.05) is 0 Å². The van der Waals surface area contributed by atoms with E-state index >= 15 is 0 Å². The van der Waals surface area contributed by atoms with E-state index < -0.39 is 0 Å². The van der Waals surface area contributed by atoms with Gasteiger partial charge in [0.1, 0.15) is 5.69 Å². The fraction of sp³-hybridized carbons (Fsp3) is 0.417. The van der Waals surface area contributed by atoms with Crippen LogP contribution in [-0.2, 0) is 0 Å². The average molecular weight is 202 g/mol. The van der Waals surface area contributed by atoms with Crippen LogP contribution in [0.3, 0.4) is 0 Å². The lowest BCUT2D eigenvalue weighted by Gasteiger charge is -2.10. The maximum atomic E-state index is 11.8. The predicted molar refractivity (Wildman–Crippen MR) is 58.5 cm³/mol. The molecule has 3 nitrogen and oxygen atoms in total.